The molecule has 0 amide bonds. The molecule has 186 valence electrons. The summed E-state index contributed by atoms with van der Waals surface area (Å²) in [6, 6.07) is 0. The number of allylic oxidation sites excluding steroid dienone is 3. The molecule has 1 rings (SSSR count). The minimum Gasteiger partial charge on any atom is -0.481 e. The molecule has 0 saturated heterocycles. The van der Waals surface area contributed by atoms with Gasteiger partial charge in [0.25, 0.3) is 0 Å². The second kappa shape index (κ2) is 15.7. The molecule has 1 aliphatic rings. The summed E-state index contributed by atoms with van der Waals surface area (Å²) in [7, 11) is 0. The average Bonchev–Trinajstić information content (AvgIpc) is 2.75. The van der Waals surface area contributed by atoms with Gasteiger partial charge in [0.2, 0.25) is 0 Å². The maximum atomic E-state index is 10.9. The van der Waals surface area contributed by atoms with Crippen LogP contribution in [0.15, 0.2) is 23.8 Å². The monoisotopic (exact) mass is 450 g/mol. The van der Waals surface area contributed by atoms with Gasteiger partial charge in [-0.3, -0.25) is 4.79 Å². The first-order valence-electron chi connectivity index (χ1n) is 13.0. The van der Waals surface area contributed by atoms with Gasteiger partial charge in [-0.25, -0.2) is 0 Å². The molecule has 0 aromatic heterocycles. The Kier molecular flexibility index (Phi) is 14.1. The highest BCUT2D eigenvalue weighted by Gasteiger charge is 2.33. The minimum absolute atomic E-state index is 0.0548. The maximum Gasteiger partial charge on any atom is 0.306 e. The molecule has 2 N–H and O–H groups in total. The molecule has 0 bridgehead atoms. The van der Waals surface area contributed by atoms with Gasteiger partial charge in [-0.1, -0.05) is 77.7 Å². The van der Waals surface area contributed by atoms with E-state index < -0.39 is 5.97 Å². The maximum absolute atomic E-state index is 10.9. The molecule has 7 unspecified atom stereocenters. The lowest BCUT2D eigenvalue weighted by atomic mass is 9.77. The smallest absolute Gasteiger partial charge is 0.306 e. The number of aliphatic carboxylic acids is 1. The molecular weight excluding hydrogens is 400 g/mol. The van der Waals surface area contributed by atoms with E-state index in [-0.39, 0.29) is 24.7 Å². The van der Waals surface area contributed by atoms with E-state index in [0.717, 1.165) is 32.1 Å². The first-order chi connectivity index (χ1) is 15.2. The fourth-order valence-electron chi connectivity index (χ4n) is 4.68. The van der Waals surface area contributed by atoms with Crippen molar-refractivity contribution >= 4 is 5.97 Å². The van der Waals surface area contributed by atoms with Crippen molar-refractivity contribution in [3.8, 4) is 0 Å². The number of hydrogen-bond donors (Lipinski definition) is 2. The van der Waals surface area contributed by atoms with Gasteiger partial charge in [0.1, 0.15) is 0 Å². The van der Waals surface area contributed by atoms with Crippen LogP contribution in [0.4, 0.5) is 0 Å². The summed E-state index contributed by atoms with van der Waals surface area (Å²) < 4.78 is 6.44. The molecule has 0 aliphatic heterocycles. The Morgan fingerprint density at radius 1 is 1.09 bits per heavy atom. The van der Waals surface area contributed by atoms with Crippen molar-refractivity contribution < 1.29 is 19.7 Å². The van der Waals surface area contributed by atoms with Gasteiger partial charge < -0.3 is 14.9 Å². The predicted octanol–water partition coefficient (Wildman–Crippen LogP) is 7.02. The third-order valence-electron chi connectivity index (χ3n) is 7.46. The first-order valence-corrected chi connectivity index (χ1v) is 13.0. The topological polar surface area (TPSA) is 66.8 Å². The fraction of sp³-hybridized carbons (Fsp3) is 0.821. The number of aliphatic hydroxyl groups excluding tert-OH is 1. The average molecular weight is 451 g/mol. The second-order valence-corrected chi connectivity index (χ2v) is 10.4. The van der Waals surface area contributed by atoms with E-state index in [4.69, 9.17) is 9.84 Å². The van der Waals surface area contributed by atoms with Gasteiger partial charge in [-0.15, -0.1) is 0 Å². The van der Waals surface area contributed by atoms with Crippen LogP contribution in [0.3, 0.4) is 0 Å². The van der Waals surface area contributed by atoms with E-state index in [2.05, 4.69) is 52.8 Å². The van der Waals surface area contributed by atoms with Crippen LogP contribution in [-0.4, -0.2) is 35.0 Å². The van der Waals surface area contributed by atoms with E-state index in [9.17, 15) is 9.90 Å². The van der Waals surface area contributed by atoms with Crippen LogP contribution >= 0.6 is 0 Å². The fourth-order valence-corrected chi connectivity index (χ4v) is 4.68. The van der Waals surface area contributed by atoms with Crippen LogP contribution in [0.5, 0.6) is 0 Å². The zero-order valence-electron chi connectivity index (χ0n) is 21.6. The summed E-state index contributed by atoms with van der Waals surface area (Å²) in [5.74, 6) is 1.18. The molecule has 0 aromatic rings. The Bertz CT molecular complexity index is 582. The van der Waals surface area contributed by atoms with Crippen LogP contribution in [0.1, 0.15) is 99.3 Å². The number of hydrogen-bond acceptors (Lipinski definition) is 3. The number of rotatable bonds is 16. The highest BCUT2D eigenvalue weighted by atomic mass is 16.5. The van der Waals surface area contributed by atoms with Crippen LogP contribution < -0.4 is 0 Å². The first kappa shape index (κ1) is 28.9. The molecule has 4 nitrogen and oxygen atoms in total. The summed E-state index contributed by atoms with van der Waals surface area (Å²) in [5.41, 5.74) is 1.37. The molecule has 0 spiro atoms. The van der Waals surface area contributed by atoms with E-state index in [1.165, 1.54) is 24.8 Å². The molecule has 0 radical (unpaired) electrons. The summed E-state index contributed by atoms with van der Waals surface area (Å²) in [6.45, 7) is 13.1. The SMILES string of the molecule is CCC1C=CC(C)C(C)C1OC(CO)CCCC(C)CCC/C(C)=C/CCC(C)C(=O)O. The number of ether oxygens (including phenoxy) is 1. The van der Waals surface area contributed by atoms with Crippen molar-refractivity contribution in [3.05, 3.63) is 23.8 Å². The van der Waals surface area contributed by atoms with Crippen molar-refractivity contribution in [1.82, 2.24) is 0 Å². The molecule has 1 aliphatic carbocycles. The van der Waals surface area contributed by atoms with Gasteiger partial charge in [0.15, 0.2) is 0 Å². The highest BCUT2D eigenvalue weighted by Crippen LogP contribution is 2.33. The van der Waals surface area contributed by atoms with E-state index in [0.29, 0.717) is 30.1 Å². The predicted molar refractivity (Wildman–Crippen MR) is 134 cm³/mol. The molecule has 0 saturated carbocycles. The molecular formula is C28H50O4. The molecule has 32 heavy (non-hydrogen) atoms. The van der Waals surface area contributed by atoms with Gasteiger partial charge in [0.05, 0.1) is 24.7 Å². The number of carboxylic acid groups (broad SMARTS) is 1. The van der Waals surface area contributed by atoms with E-state index in [1.54, 1.807) is 6.92 Å². The Balaban J connectivity index is 2.28. The highest BCUT2D eigenvalue weighted by molar-refractivity contribution is 5.69. The molecule has 4 heteroatoms. The largest absolute Gasteiger partial charge is 0.481 e. The zero-order valence-corrected chi connectivity index (χ0v) is 21.6. The molecule has 0 aromatic carbocycles. The van der Waals surface area contributed by atoms with E-state index >= 15 is 0 Å². The third-order valence-corrected chi connectivity index (χ3v) is 7.46. The number of aliphatic hydroxyl groups is 1. The van der Waals surface area contributed by atoms with Crippen molar-refractivity contribution in [2.24, 2.45) is 29.6 Å². The van der Waals surface area contributed by atoms with Crippen molar-refractivity contribution in [3.63, 3.8) is 0 Å². The van der Waals surface area contributed by atoms with Crippen molar-refractivity contribution in [2.45, 2.75) is 112 Å². The molecule has 7 atom stereocenters. The molecule has 0 heterocycles. The summed E-state index contributed by atoms with van der Waals surface area (Å²) in [6.07, 6.45) is 16.3. The molecule has 0 fully saturated rings. The second-order valence-electron chi connectivity index (χ2n) is 10.4. The lowest BCUT2D eigenvalue weighted by molar-refractivity contribution is -0.141. The van der Waals surface area contributed by atoms with Crippen LogP contribution in [0.25, 0.3) is 0 Å². The Morgan fingerprint density at radius 2 is 1.78 bits per heavy atom. The van der Waals surface area contributed by atoms with Crippen LogP contribution in [0.2, 0.25) is 0 Å². The van der Waals surface area contributed by atoms with E-state index in [1.807, 2.05) is 0 Å². The van der Waals surface area contributed by atoms with Crippen LogP contribution in [0, 0.1) is 29.6 Å². The Hall–Kier alpha value is -1.13. The van der Waals surface area contributed by atoms with Crippen molar-refractivity contribution in [1.29, 1.82) is 0 Å². The minimum atomic E-state index is -0.705. The number of carboxylic acids is 1. The van der Waals surface area contributed by atoms with Gasteiger partial charge in [-0.05, 0) is 63.2 Å². The van der Waals surface area contributed by atoms with Crippen LogP contribution in [-0.2, 0) is 9.53 Å². The van der Waals surface area contributed by atoms with Gasteiger partial charge in [0, 0.05) is 5.92 Å². The third kappa shape index (κ3) is 10.7. The lowest BCUT2D eigenvalue weighted by Crippen LogP contribution is -2.39. The quantitative estimate of drug-likeness (QED) is 0.248. The summed E-state index contributed by atoms with van der Waals surface area (Å²) in [5, 5.41) is 18.8. The summed E-state index contributed by atoms with van der Waals surface area (Å²) >= 11 is 0. The number of carbonyl (C=O) groups is 1. The normalized spacial score (nSPS) is 26.7. The van der Waals surface area contributed by atoms with Crippen molar-refractivity contribution in [2.75, 3.05) is 6.61 Å². The summed E-state index contributed by atoms with van der Waals surface area (Å²) in [4.78, 5) is 10.9. The lowest BCUT2D eigenvalue weighted by Gasteiger charge is -2.38. The van der Waals surface area contributed by atoms with Gasteiger partial charge in [-0.2, -0.15) is 0 Å². The standard InChI is InChI=1S/C28H50O4/c1-7-25-18-17-22(4)24(6)27(25)32-26(19-29)16-10-14-21(3)12-8-11-20(2)13-9-15-23(5)28(30)31/h13,17-18,21-27,29H,7-12,14-16,19H2,1-6H3,(H,30,31)/b20-13+. The van der Waals surface area contributed by atoms with Gasteiger partial charge >= 0.3 is 5.97 Å². The zero-order chi connectivity index (χ0) is 24.1. The Morgan fingerprint density at radius 3 is 2.41 bits per heavy atom. The Labute approximate surface area is 197 Å².